The van der Waals surface area contributed by atoms with Crippen LogP contribution in [0, 0.1) is 0 Å². The molecule has 0 spiro atoms. The van der Waals surface area contributed by atoms with Gasteiger partial charge < -0.3 is 12.9 Å². The summed E-state index contributed by atoms with van der Waals surface area (Å²) in [6, 6.07) is 0. The predicted molar refractivity (Wildman–Crippen MR) is 39.3 cm³/mol. The summed E-state index contributed by atoms with van der Waals surface area (Å²) in [5.41, 5.74) is -0.144. The molecule has 0 aliphatic carbocycles. The average Bonchev–Trinajstić information content (AvgIpc) is 2.37. The number of aryl methyl sites for hydroxylation is 1. The molecule has 7 heteroatoms. The third kappa shape index (κ3) is 2.20. The Morgan fingerprint density at radius 3 is 2.69 bits per heavy atom. The molecule has 66 valence electrons. The van der Waals surface area contributed by atoms with Gasteiger partial charge in [0.05, 0.1) is 0 Å². The fourth-order valence-corrected chi connectivity index (χ4v) is 1.56. The van der Waals surface area contributed by atoms with E-state index in [1.54, 1.807) is 0 Å². The molecule has 0 aromatic carbocycles. The summed E-state index contributed by atoms with van der Waals surface area (Å²) in [6.45, 7) is -4.23. The van der Waals surface area contributed by atoms with Crippen LogP contribution in [0.2, 0.25) is 0 Å². The predicted octanol–water partition coefficient (Wildman–Crippen LogP) is -2.11. The molecule has 1 aliphatic rings. The molecule has 2 heterocycles. The Bertz CT molecular complexity index is 309. The monoisotopic (exact) mass is 214 g/mol. The van der Waals surface area contributed by atoms with Gasteiger partial charge in [-0.2, -0.15) is 5.10 Å². The summed E-state index contributed by atoms with van der Waals surface area (Å²) in [6.07, 6.45) is 2.23. The minimum atomic E-state index is -4.86. The van der Waals surface area contributed by atoms with Crippen LogP contribution in [0.15, 0.2) is 6.20 Å². The number of nitrogens with zero attached hydrogens (tertiary/aromatic N) is 2. The van der Waals surface area contributed by atoms with E-state index in [0.717, 1.165) is 12.6 Å². The van der Waals surface area contributed by atoms with Crippen molar-refractivity contribution in [3.63, 3.8) is 0 Å². The van der Waals surface area contributed by atoms with Crippen molar-refractivity contribution < 1.29 is 64.3 Å². The largest absolute Gasteiger partial charge is 1.00 e. The van der Waals surface area contributed by atoms with Gasteiger partial charge in [-0.05, 0) is 12.8 Å². The number of hydrogen-bond donors (Lipinski definition) is 0. The van der Waals surface area contributed by atoms with Gasteiger partial charge >= 0.3 is 58.4 Å². The fraction of sp³-hybridized carbons (Fsp3) is 0.500. The van der Waals surface area contributed by atoms with E-state index in [2.05, 4.69) is 5.10 Å². The number of fused-ring (bicyclic) bond motifs is 1. The van der Waals surface area contributed by atoms with Crippen molar-refractivity contribution in [2.24, 2.45) is 0 Å². The van der Waals surface area contributed by atoms with Gasteiger partial charge in [0.15, 0.2) is 0 Å². The zero-order chi connectivity index (χ0) is 8.77. The van der Waals surface area contributed by atoms with Gasteiger partial charge in [0.1, 0.15) is 0 Å². The van der Waals surface area contributed by atoms with Crippen molar-refractivity contribution in [2.75, 3.05) is 0 Å². The second kappa shape index (κ2) is 4.06. The van der Waals surface area contributed by atoms with Gasteiger partial charge in [0.2, 0.25) is 0 Å². The summed E-state index contributed by atoms with van der Waals surface area (Å²) in [7, 11) is 0. The zero-order valence-corrected chi connectivity index (χ0v) is 10.4. The molecule has 1 aromatic rings. The third-order valence-electron chi connectivity index (χ3n) is 2.12. The van der Waals surface area contributed by atoms with Crippen LogP contribution in [0.25, 0.3) is 0 Å². The van der Waals surface area contributed by atoms with Gasteiger partial charge in [-0.3, -0.25) is 4.68 Å². The van der Waals surface area contributed by atoms with Crippen LogP contribution in [0.4, 0.5) is 12.9 Å². The Morgan fingerprint density at radius 1 is 1.38 bits per heavy atom. The molecule has 0 N–H and O–H groups in total. The van der Waals surface area contributed by atoms with Crippen LogP contribution >= 0.6 is 0 Å². The molecule has 1 aliphatic heterocycles. The SMILES string of the molecule is F[B-](F)(F)c1cnn2c1CCC2.[K+]. The van der Waals surface area contributed by atoms with E-state index >= 15 is 0 Å². The average molecular weight is 214 g/mol. The van der Waals surface area contributed by atoms with E-state index in [-0.39, 0.29) is 51.4 Å². The van der Waals surface area contributed by atoms with Gasteiger partial charge in [-0.15, -0.1) is 0 Å². The van der Waals surface area contributed by atoms with Crippen molar-refractivity contribution in [1.29, 1.82) is 0 Å². The molecule has 0 saturated carbocycles. The molecule has 0 atom stereocenters. The van der Waals surface area contributed by atoms with Gasteiger partial charge in [0.25, 0.3) is 0 Å². The summed E-state index contributed by atoms with van der Waals surface area (Å²) < 4.78 is 38.3. The number of aromatic nitrogens is 2. The minimum Gasteiger partial charge on any atom is -0.445 e. The van der Waals surface area contributed by atoms with Crippen molar-refractivity contribution in [1.82, 2.24) is 9.78 Å². The second-order valence-corrected chi connectivity index (χ2v) is 2.95. The summed E-state index contributed by atoms with van der Waals surface area (Å²) in [5, 5.41) is 3.68. The van der Waals surface area contributed by atoms with Gasteiger partial charge in [-0.25, -0.2) is 0 Å². The molecule has 2 nitrogen and oxygen atoms in total. The zero-order valence-electron chi connectivity index (χ0n) is 7.30. The van der Waals surface area contributed by atoms with Crippen molar-refractivity contribution >= 4 is 12.4 Å². The Morgan fingerprint density at radius 2 is 2.08 bits per heavy atom. The van der Waals surface area contributed by atoms with Crippen molar-refractivity contribution in [3.8, 4) is 0 Å². The normalized spacial score (nSPS) is 15.3. The van der Waals surface area contributed by atoms with E-state index < -0.39 is 12.4 Å². The van der Waals surface area contributed by atoms with E-state index in [1.807, 2.05) is 0 Å². The van der Waals surface area contributed by atoms with E-state index in [1.165, 1.54) is 4.68 Å². The van der Waals surface area contributed by atoms with Crippen LogP contribution in [-0.4, -0.2) is 16.8 Å². The molecule has 0 amide bonds. The van der Waals surface area contributed by atoms with Gasteiger partial charge in [0, 0.05) is 18.4 Å². The summed E-state index contributed by atoms with van der Waals surface area (Å²) in [5.74, 6) is 0. The van der Waals surface area contributed by atoms with Crippen LogP contribution in [0.5, 0.6) is 0 Å². The molecular formula is C6H7BF3KN2. The van der Waals surface area contributed by atoms with Gasteiger partial charge in [-0.1, -0.05) is 5.46 Å². The Balaban J connectivity index is 0.000000845. The molecule has 0 bridgehead atoms. The quantitative estimate of drug-likeness (QED) is 0.489. The molecule has 2 rings (SSSR count). The maximum atomic E-state index is 12.3. The molecule has 0 radical (unpaired) electrons. The van der Waals surface area contributed by atoms with Crippen LogP contribution in [0.3, 0.4) is 0 Å². The van der Waals surface area contributed by atoms with E-state index in [4.69, 9.17) is 0 Å². The first-order valence-corrected chi connectivity index (χ1v) is 3.83. The van der Waals surface area contributed by atoms with Crippen molar-refractivity contribution in [3.05, 3.63) is 11.9 Å². The number of rotatable bonds is 1. The van der Waals surface area contributed by atoms with E-state index in [9.17, 15) is 12.9 Å². The Labute approximate surface area is 116 Å². The van der Waals surface area contributed by atoms with Crippen molar-refractivity contribution in [2.45, 2.75) is 19.4 Å². The maximum Gasteiger partial charge on any atom is 1.00 e. The molecule has 0 saturated heterocycles. The third-order valence-corrected chi connectivity index (χ3v) is 2.12. The molecular weight excluding hydrogens is 207 g/mol. The second-order valence-electron chi connectivity index (χ2n) is 2.95. The topological polar surface area (TPSA) is 17.8 Å². The summed E-state index contributed by atoms with van der Waals surface area (Å²) >= 11 is 0. The summed E-state index contributed by atoms with van der Waals surface area (Å²) in [4.78, 5) is 0. The van der Waals surface area contributed by atoms with Crippen LogP contribution < -0.4 is 56.8 Å². The van der Waals surface area contributed by atoms with Crippen LogP contribution in [-0.2, 0) is 13.0 Å². The minimum absolute atomic E-state index is 0. The molecule has 1 aromatic heterocycles. The molecule has 0 unspecified atom stereocenters. The smallest absolute Gasteiger partial charge is 0.445 e. The first-order valence-electron chi connectivity index (χ1n) is 3.83. The maximum absolute atomic E-state index is 12.3. The van der Waals surface area contributed by atoms with Crippen LogP contribution in [0.1, 0.15) is 12.1 Å². The standard InChI is InChI=1S/C6H7BF3N2.K/c8-7(9,10)5-4-11-12-3-1-2-6(5)12;/h4H,1-3H2;/q-1;+1. The molecule has 0 fully saturated rings. The Hall–Kier alpha value is 0.701. The fourth-order valence-electron chi connectivity index (χ4n) is 1.56. The first-order chi connectivity index (χ1) is 5.59. The molecule has 13 heavy (non-hydrogen) atoms. The first kappa shape index (κ1) is 11.8. The van der Waals surface area contributed by atoms with E-state index in [0.29, 0.717) is 18.7 Å². The Kier molecular flexibility index (Phi) is 3.68. The number of hydrogen-bond acceptors (Lipinski definition) is 1. The number of halogens is 3.